The van der Waals surface area contributed by atoms with Crippen LogP contribution in [0, 0.1) is 0 Å². The topological polar surface area (TPSA) is 9.34 Å². The van der Waals surface area contributed by atoms with Gasteiger partial charge in [0, 0.05) is 38.0 Å². The SMILES string of the molecule is c1ccc(-c2ccccc2-c2ccc(-n3c4cccc5c6ccccc6n6c7c8ccccc8ccc7c7ccc3c(c54)c76)cc2)cc1. The largest absolute Gasteiger partial charge is 0.309 e. The Morgan fingerprint density at radius 2 is 0.917 bits per heavy atom. The van der Waals surface area contributed by atoms with E-state index in [1.807, 2.05) is 0 Å². The van der Waals surface area contributed by atoms with Crippen molar-refractivity contribution in [2.75, 3.05) is 0 Å². The van der Waals surface area contributed by atoms with Gasteiger partial charge in [0.2, 0.25) is 0 Å². The summed E-state index contributed by atoms with van der Waals surface area (Å²) < 4.78 is 5.02. The Morgan fingerprint density at radius 3 is 1.75 bits per heavy atom. The van der Waals surface area contributed by atoms with Gasteiger partial charge in [0.05, 0.1) is 27.6 Å². The second-order valence-corrected chi connectivity index (χ2v) is 12.9. The molecule has 222 valence electrons. The average Bonchev–Trinajstić information content (AvgIpc) is 3.64. The molecule has 3 aromatic heterocycles. The molecule has 0 N–H and O–H groups in total. The van der Waals surface area contributed by atoms with Gasteiger partial charge in [-0.1, -0.05) is 140 Å². The predicted molar refractivity (Wildman–Crippen MR) is 204 cm³/mol. The van der Waals surface area contributed by atoms with Gasteiger partial charge in [-0.25, -0.2) is 0 Å². The summed E-state index contributed by atoms with van der Waals surface area (Å²) in [5, 5.41) is 10.3. The third-order valence-corrected chi connectivity index (χ3v) is 10.5. The average molecular weight is 609 g/mol. The minimum absolute atomic E-state index is 1.16. The zero-order chi connectivity index (χ0) is 31.3. The highest BCUT2D eigenvalue weighted by Gasteiger charge is 2.23. The van der Waals surface area contributed by atoms with Crippen LogP contribution in [-0.4, -0.2) is 8.97 Å². The van der Waals surface area contributed by atoms with Crippen molar-refractivity contribution in [2.24, 2.45) is 0 Å². The normalized spacial score (nSPS) is 12.2. The summed E-state index contributed by atoms with van der Waals surface area (Å²) in [4.78, 5) is 0. The van der Waals surface area contributed by atoms with Crippen LogP contribution in [0.3, 0.4) is 0 Å². The number of benzene rings is 8. The molecule has 0 saturated heterocycles. The van der Waals surface area contributed by atoms with E-state index in [2.05, 4.69) is 179 Å². The van der Waals surface area contributed by atoms with Crippen LogP contribution in [0.15, 0.2) is 170 Å². The fourth-order valence-electron chi connectivity index (χ4n) is 8.44. The highest BCUT2D eigenvalue weighted by Crippen LogP contribution is 2.46. The Kier molecular flexibility index (Phi) is 5.14. The lowest BCUT2D eigenvalue weighted by Gasteiger charge is -2.13. The molecule has 0 atom stereocenters. The van der Waals surface area contributed by atoms with Crippen LogP contribution < -0.4 is 0 Å². The Morgan fingerprint density at radius 1 is 0.312 bits per heavy atom. The first kappa shape index (κ1) is 25.8. The maximum atomic E-state index is 2.55. The van der Waals surface area contributed by atoms with E-state index >= 15 is 0 Å². The van der Waals surface area contributed by atoms with Crippen molar-refractivity contribution < 1.29 is 0 Å². The van der Waals surface area contributed by atoms with E-state index in [4.69, 9.17) is 0 Å². The van der Waals surface area contributed by atoms with E-state index in [1.54, 1.807) is 0 Å². The molecule has 0 amide bonds. The fourth-order valence-corrected chi connectivity index (χ4v) is 8.44. The Balaban J connectivity index is 1.25. The van der Waals surface area contributed by atoms with Crippen LogP contribution in [0.2, 0.25) is 0 Å². The molecule has 0 spiro atoms. The second kappa shape index (κ2) is 9.57. The van der Waals surface area contributed by atoms with Crippen molar-refractivity contribution in [2.45, 2.75) is 0 Å². The summed E-state index contributed by atoms with van der Waals surface area (Å²) in [7, 11) is 0. The third-order valence-electron chi connectivity index (χ3n) is 10.5. The van der Waals surface area contributed by atoms with E-state index in [1.165, 1.54) is 92.9 Å². The van der Waals surface area contributed by atoms with Crippen LogP contribution in [0.4, 0.5) is 0 Å². The van der Waals surface area contributed by atoms with Gasteiger partial charge in [-0.05, 0) is 63.4 Å². The molecule has 0 unspecified atom stereocenters. The summed E-state index contributed by atoms with van der Waals surface area (Å²) in [6.07, 6.45) is 0. The van der Waals surface area contributed by atoms with E-state index < -0.39 is 0 Å². The van der Waals surface area contributed by atoms with Crippen molar-refractivity contribution in [3.05, 3.63) is 170 Å². The zero-order valence-corrected chi connectivity index (χ0v) is 26.1. The lowest BCUT2D eigenvalue weighted by atomic mass is 9.94. The number of aromatic nitrogens is 2. The summed E-state index contributed by atoms with van der Waals surface area (Å²) >= 11 is 0. The van der Waals surface area contributed by atoms with Gasteiger partial charge in [0.15, 0.2) is 0 Å². The summed E-state index contributed by atoms with van der Waals surface area (Å²) in [6.45, 7) is 0. The molecule has 0 bridgehead atoms. The van der Waals surface area contributed by atoms with Gasteiger partial charge in [0.25, 0.3) is 0 Å². The van der Waals surface area contributed by atoms with Crippen molar-refractivity contribution >= 4 is 70.7 Å². The van der Waals surface area contributed by atoms with Gasteiger partial charge in [-0.2, -0.15) is 0 Å². The lowest BCUT2D eigenvalue weighted by molar-refractivity contribution is 1.18. The van der Waals surface area contributed by atoms with Crippen molar-refractivity contribution in [3.63, 3.8) is 0 Å². The molecule has 0 radical (unpaired) electrons. The molecule has 8 aromatic carbocycles. The summed E-state index contributed by atoms with van der Waals surface area (Å²) in [5.41, 5.74) is 12.3. The van der Waals surface area contributed by atoms with Crippen molar-refractivity contribution in [1.29, 1.82) is 0 Å². The number of hydrogen-bond acceptors (Lipinski definition) is 0. The highest BCUT2D eigenvalue weighted by atomic mass is 15.0. The molecule has 0 aliphatic heterocycles. The Bertz CT molecular complexity index is 3030. The van der Waals surface area contributed by atoms with E-state index in [0.717, 1.165) is 5.69 Å². The summed E-state index contributed by atoms with van der Waals surface area (Å²) in [6, 6.07) is 62.3. The van der Waals surface area contributed by atoms with Crippen LogP contribution in [0.1, 0.15) is 0 Å². The number of para-hydroxylation sites is 1. The van der Waals surface area contributed by atoms with Crippen LogP contribution in [0.5, 0.6) is 0 Å². The monoisotopic (exact) mass is 608 g/mol. The maximum Gasteiger partial charge on any atom is 0.0642 e. The highest BCUT2D eigenvalue weighted by molar-refractivity contribution is 6.34. The van der Waals surface area contributed by atoms with E-state index in [-0.39, 0.29) is 0 Å². The van der Waals surface area contributed by atoms with Gasteiger partial charge >= 0.3 is 0 Å². The van der Waals surface area contributed by atoms with Crippen LogP contribution >= 0.6 is 0 Å². The molecule has 2 heteroatoms. The van der Waals surface area contributed by atoms with Gasteiger partial charge < -0.3 is 8.97 Å². The number of hydrogen-bond donors (Lipinski definition) is 0. The smallest absolute Gasteiger partial charge is 0.0642 e. The number of fused-ring (bicyclic) bond motifs is 8. The fraction of sp³-hybridized carbons (Fsp3) is 0. The molecule has 2 nitrogen and oxygen atoms in total. The predicted octanol–water partition coefficient (Wildman–Crippen LogP) is 12.4. The van der Waals surface area contributed by atoms with Gasteiger partial charge in [-0.15, -0.1) is 0 Å². The van der Waals surface area contributed by atoms with Crippen molar-refractivity contribution in [1.82, 2.24) is 8.97 Å². The molecular formula is C46H28N2. The summed E-state index contributed by atoms with van der Waals surface area (Å²) in [5.74, 6) is 0. The number of nitrogens with zero attached hydrogens (tertiary/aromatic N) is 2. The van der Waals surface area contributed by atoms with E-state index in [0.29, 0.717) is 0 Å². The maximum absolute atomic E-state index is 2.55. The second-order valence-electron chi connectivity index (χ2n) is 12.9. The Labute approximate surface area is 276 Å². The zero-order valence-electron chi connectivity index (χ0n) is 26.1. The molecule has 0 saturated carbocycles. The molecule has 0 fully saturated rings. The van der Waals surface area contributed by atoms with Crippen LogP contribution in [-0.2, 0) is 0 Å². The standard InChI is InChI=1S/C46H28N2/c1-2-11-29(12-3-1)33-14-6-7-15-34(33)31-21-24-32(25-22-31)47-41-20-10-18-37-36-17-8-9-19-40(36)48-45-35-16-5-4-13-30(35)23-26-38(45)39-27-28-42(47)44(43(37)41)46(39)48/h1-28H. The van der Waals surface area contributed by atoms with Gasteiger partial charge in [-0.3, -0.25) is 0 Å². The third kappa shape index (κ3) is 3.36. The van der Waals surface area contributed by atoms with Crippen LogP contribution in [0.25, 0.3) is 98.6 Å². The first-order valence-corrected chi connectivity index (χ1v) is 16.6. The van der Waals surface area contributed by atoms with Gasteiger partial charge in [0.1, 0.15) is 0 Å². The minimum Gasteiger partial charge on any atom is -0.309 e. The molecule has 11 aromatic rings. The molecular weight excluding hydrogens is 581 g/mol. The molecule has 48 heavy (non-hydrogen) atoms. The molecule has 0 aliphatic carbocycles. The Hall–Kier alpha value is -6.38. The van der Waals surface area contributed by atoms with E-state index in [9.17, 15) is 0 Å². The quantitative estimate of drug-likeness (QED) is 0.189. The van der Waals surface area contributed by atoms with Crippen molar-refractivity contribution in [3.8, 4) is 27.9 Å². The first-order chi connectivity index (χ1) is 23.8. The number of rotatable bonds is 3. The first-order valence-electron chi connectivity index (χ1n) is 16.6. The minimum atomic E-state index is 1.16. The lowest BCUT2D eigenvalue weighted by Crippen LogP contribution is -1.94. The molecule has 11 rings (SSSR count). The molecule has 0 aliphatic rings. The molecule has 3 heterocycles.